The number of nitrogen functional groups attached to an aromatic ring is 1. The van der Waals surface area contributed by atoms with E-state index in [9.17, 15) is 5.11 Å². The molecule has 2 heterocycles. The summed E-state index contributed by atoms with van der Waals surface area (Å²) in [6.07, 6.45) is 3.51. The zero-order valence-electron chi connectivity index (χ0n) is 15.1. The van der Waals surface area contributed by atoms with Crippen molar-refractivity contribution in [1.29, 1.82) is 0 Å². The van der Waals surface area contributed by atoms with Crippen molar-refractivity contribution in [3.63, 3.8) is 0 Å². The average Bonchev–Trinajstić information content (AvgIpc) is 3.12. The lowest BCUT2D eigenvalue weighted by Crippen LogP contribution is -2.19. The van der Waals surface area contributed by atoms with Crippen LogP contribution in [-0.4, -0.2) is 31.2 Å². The summed E-state index contributed by atoms with van der Waals surface area (Å²) in [6.45, 7) is 2.28. The molecular formula is C21H21N5O. The average molecular weight is 359 g/mol. The minimum atomic E-state index is -0.549. The maximum atomic E-state index is 10.5. The van der Waals surface area contributed by atoms with Crippen LogP contribution in [-0.2, 0) is 13.0 Å². The van der Waals surface area contributed by atoms with Gasteiger partial charge >= 0.3 is 0 Å². The Morgan fingerprint density at radius 3 is 2.74 bits per heavy atom. The molecule has 0 amide bonds. The van der Waals surface area contributed by atoms with Crippen LogP contribution in [0, 0.1) is 6.92 Å². The molecule has 4 rings (SSSR count). The molecule has 0 radical (unpaired) electrons. The summed E-state index contributed by atoms with van der Waals surface area (Å²) >= 11 is 0. The van der Waals surface area contributed by atoms with Gasteiger partial charge in [-0.05, 0) is 34.9 Å². The topological polar surface area (TPSA) is 89.8 Å². The van der Waals surface area contributed by atoms with Crippen LogP contribution in [0.25, 0.3) is 22.0 Å². The molecule has 0 saturated heterocycles. The Morgan fingerprint density at radius 1 is 1.11 bits per heavy atom. The number of rotatable bonds is 5. The lowest BCUT2D eigenvalue weighted by Gasteiger charge is -2.11. The maximum absolute atomic E-state index is 10.5. The predicted molar refractivity (Wildman–Crippen MR) is 106 cm³/mol. The van der Waals surface area contributed by atoms with Gasteiger partial charge in [-0.3, -0.25) is 0 Å². The normalized spacial score (nSPS) is 12.4. The number of aromatic nitrogens is 4. The van der Waals surface area contributed by atoms with Crippen LogP contribution >= 0.6 is 0 Å². The third kappa shape index (κ3) is 3.80. The highest BCUT2D eigenvalue weighted by Gasteiger charge is 2.11. The quantitative estimate of drug-likeness (QED) is 0.572. The van der Waals surface area contributed by atoms with Gasteiger partial charge in [-0.15, -0.1) is 5.10 Å². The summed E-state index contributed by atoms with van der Waals surface area (Å²) in [4.78, 5) is 4.16. The van der Waals surface area contributed by atoms with E-state index in [1.165, 1.54) is 10.8 Å². The number of hydrogen-bond acceptors (Lipinski definition) is 5. The molecule has 0 spiro atoms. The van der Waals surface area contributed by atoms with E-state index in [1.807, 2.05) is 31.3 Å². The van der Waals surface area contributed by atoms with Gasteiger partial charge in [0.25, 0.3) is 0 Å². The zero-order chi connectivity index (χ0) is 18.8. The maximum Gasteiger partial charge on any atom is 0.126 e. The number of nitrogens with zero attached hydrogens (tertiary/aromatic N) is 4. The SMILES string of the molecule is Cc1cc(-c2cn(CC(O)Cc3ccc4ccccc4c3)nn2)cnc1N. The van der Waals surface area contributed by atoms with E-state index < -0.39 is 6.10 Å². The fraction of sp³-hybridized carbons (Fsp3) is 0.190. The van der Waals surface area contributed by atoms with E-state index in [4.69, 9.17) is 5.73 Å². The van der Waals surface area contributed by atoms with Gasteiger partial charge in [0.2, 0.25) is 0 Å². The summed E-state index contributed by atoms with van der Waals surface area (Å²) in [7, 11) is 0. The molecule has 0 aliphatic heterocycles. The molecule has 136 valence electrons. The molecule has 0 bridgehead atoms. The molecule has 1 unspecified atom stereocenters. The summed E-state index contributed by atoms with van der Waals surface area (Å²) in [5.74, 6) is 0.511. The molecule has 3 N–H and O–H groups in total. The third-order valence-corrected chi connectivity index (χ3v) is 4.64. The third-order valence-electron chi connectivity index (χ3n) is 4.64. The number of nitrogens with two attached hydrogens (primary N) is 1. The Kier molecular flexibility index (Phi) is 4.56. The second-order valence-corrected chi connectivity index (χ2v) is 6.79. The number of benzene rings is 2. The highest BCUT2D eigenvalue weighted by Crippen LogP contribution is 2.20. The molecule has 0 aliphatic rings. The molecule has 6 nitrogen and oxygen atoms in total. The fourth-order valence-corrected chi connectivity index (χ4v) is 3.16. The van der Waals surface area contributed by atoms with Gasteiger partial charge in [0, 0.05) is 18.2 Å². The van der Waals surface area contributed by atoms with E-state index >= 15 is 0 Å². The van der Waals surface area contributed by atoms with E-state index in [0.717, 1.165) is 16.7 Å². The first-order chi connectivity index (χ1) is 13.1. The molecule has 27 heavy (non-hydrogen) atoms. The van der Waals surface area contributed by atoms with E-state index in [0.29, 0.717) is 24.5 Å². The summed E-state index contributed by atoms with van der Waals surface area (Å²) in [6, 6.07) is 16.4. The van der Waals surface area contributed by atoms with E-state index in [1.54, 1.807) is 10.9 Å². The standard InChI is InChI=1S/C21H21N5O/c1-14-8-18(11-23-21(14)22)20-13-26(25-24-20)12-19(27)10-15-6-7-16-4-2-3-5-17(16)9-15/h2-9,11,13,19,27H,10,12H2,1H3,(H2,22,23). The van der Waals surface area contributed by atoms with Gasteiger partial charge in [0.15, 0.2) is 0 Å². The highest BCUT2D eigenvalue weighted by molar-refractivity contribution is 5.83. The number of aryl methyl sites for hydroxylation is 1. The Hall–Kier alpha value is -3.25. The van der Waals surface area contributed by atoms with Crippen molar-refractivity contribution in [3.05, 3.63) is 72.1 Å². The van der Waals surface area contributed by atoms with Gasteiger partial charge in [-0.25, -0.2) is 9.67 Å². The number of pyridine rings is 1. The first kappa shape index (κ1) is 17.2. The number of aliphatic hydroxyl groups excluding tert-OH is 1. The van der Waals surface area contributed by atoms with Gasteiger partial charge in [0.05, 0.1) is 18.8 Å². The van der Waals surface area contributed by atoms with Gasteiger partial charge in [0.1, 0.15) is 11.5 Å². The van der Waals surface area contributed by atoms with E-state index in [-0.39, 0.29) is 0 Å². The fourth-order valence-electron chi connectivity index (χ4n) is 3.16. The Morgan fingerprint density at radius 2 is 1.93 bits per heavy atom. The van der Waals surface area contributed by atoms with Crippen molar-refractivity contribution in [2.75, 3.05) is 5.73 Å². The van der Waals surface area contributed by atoms with Crippen molar-refractivity contribution < 1.29 is 5.11 Å². The first-order valence-corrected chi connectivity index (χ1v) is 8.87. The molecule has 0 aliphatic carbocycles. The molecule has 1 atom stereocenters. The Balaban J connectivity index is 1.45. The molecular weight excluding hydrogens is 338 g/mol. The van der Waals surface area contributed by atoms with Crippen LogP contribution in [0.15, 0.2) is 60.9 Å². The molecule has 2 aromatic carbocycles. The minimum absolute atomic E-state index is 0.376. The van der Waals surface area contributed by atoms with Crippen LogP contribution in [0.1, 0.15) is 11.1 Å². The van der Waals surface area contributed by atoms with Crippen LogP contribution in [0.3, 0.4) is 0 Å². The molecule has 6 heteroatoms. The van der Waals surface area contributed by atoms with Crippen molar-refractivity contribution in [3.8, 4) is 11.3 Å². The summed E-state index contributed by atoms with van der Waals surface area (Å²) in [5.41, 5.74) is 9.33. The second kappa shape index (κ2) is 7.17. The molecule has 0 fully saturated rings. The number of aliphatic hydroxyl groups is 1. The van der Waals surface area contributed by atoms with Crippen molar-refractivity contribution >= 4 is 16.6 Å². The van der Waals surface area contributed by atoms with E-state index in [2.05, 4.69) is 45.6 Å². The number of fused-ring (bicyclic) bond motifs is 1. The first-order valence-electron chi connectivity index (χ1n) is 8.87. The van der Waals surface area contributed by atoms with Gasteiger partial charge in [-0.1, -0.05) is 47.7 Å². The summed E-state index contributed by atoms with van der Waals surface area (Å²) < 4.78 is 1.66. The van der Waals surface area contributed by atoms with Crippen molar-refractivity contribution in [2.45, 2.75) is 26.0 Å². The lowest BCUT2D eigenvalue weighted by molar-refractivity contribution is 0.148. The van der Waals surface area contributed by atoms with Crippen LogP contribution in [0.4, 0.5) is 5.82 Å². The molecule has 4 aromatic rings. The van der Waals surface area contributed by atoms with Crippen molar-refractivity contribution in [1.82, 2.24) is 20.0 Å². The monoisotopic (exact) mass is 359 g/mol. The number of anilines is 1. The van der Waals surface area contributed by atoms with Crippen molar-refractivity contribution in [2.24, 2.45) is 0 Å². The summed E-state index contributed by atoms with van der Waals surface area (Å²) in [5, 5.41) is 21.1. The molecule has 2 aromatic heterocycles. The predicted octanol–water partition coefficient (Wildman–Crippen LogP) is 2.99. The van der Waals surface area contributed by atoms with Crippen LogP contribution in [0.5, 0.6) is 0 Å². The highest BCUT2D eigenvalue weighted by atomic mass is 16.3. The van der Waals surface area contributed by atoms with Crippen LogP contribution < -0.4 is 5.73 Å². The minimum Gasteiger partial charge on any atom is -0.391 e. The number of hydrogen-bond donors (Lipinski definition) is 2. The Labute approximate surface area is 157 Å². The second-order valence-electron chi connectivity index (χ2n) is 6.79. The smallest absolute Gasteiger partial charge is 0.126 e. The van der Waals surface area contributed by atoms with Gasteiger partial charge in [-0.2, -0.15) is 0 Å². The zero-order valence-corrected chi connectivity index (χ0v) is 15.1. The molecule has 0 saturated carbocycles. The largest absolute Gasteiger partial charge is 0.391 e. The van der Waals surface area contributed by atoms with Gasteiger partial charge < -0.3 is 10.8 Å². The van der Waals surface area contributed by atoms with Crippen LogP contribution in [0.2, 0.25) is 0 Å². The Bertz CT molecular complexity index is 1090. The lowest BCUT2D eigenvalue weighted by atomic mass is 10.0.